The first kappa shape index (κ1) is 18.9. The molecule has 0 bridgehead atoms. The van der Waals surface area contributed by atoms with Crippen molar-refractivity contribution in [3.8, 4) is 0 Å². The average Bonchev–Trinajstić information content (AvgIpc) is 2.94. The summed E-state index contributed by atoms with van der Waals surface area (Å²) in [6.45, 7) is 3.62. The van der Waals surface area contributed by atoms with Crippen LogP contribution in [-0.4, -0.2) is 38.0 Å². The van der Waals surface area contributed by atoms with E-state index in [2.05, 4.69) is 20.9 Å². The van der Waals surface area contributed by atoms with Crippen LogP contribution in [0.25, 0.3) is 5.57 Å². The van der Waals surface area contributed by atoms with Crippen molar-refractivity contribution >= 4 is 28.5 Å². The van der Waals surface area contributed by atoms with Gasteiger partial charge in [0.25, 0.3) is 5.91 Å². The van der Waals surface area contributed by atoms with Crippen molar-refractivity contribution in [2.24, 2.45) is 0 Å². The van der Waals surface area contributed by atoms with Crippen LogP contribution in [0.2, 0.25) is 0 Å². The first-order valence-corrected chi connectivity index (χ1v) is 9.02. The van der Waals surface area contributed by atoms with Gasteiger partial charge in [0.1, 0.15) is 5.82 Å². The molecule has 2 aromatic carbocycles. The molecule has 0 radical (unpaired) electrons. The van der Waals surface area contributed by atoms with Gasteiger partial charge in [-0.05, 0) is 63.8 Å². The molecule has 0 saturated heterocycles. The van der Waals surface area contributed by atoms with Gasteiger partial charge in [0, 0.05) is 29.7 Å². The number of halogens is 1. The molecule has 0 unspecified atom stereocenters. The molecule has 2 aromatic rings. The Balaban J connectivity index is 1.68. The monoisotopic (exact) mass is 368 g/mol. The van der Waals surface area contributed by atoms with E-state index in [4.69, 9.17) is 0 Å². The Hall–Kier alpha value is -2.86. The summed E-state index contributed by atoms with van der Waals surface area (Å²) in [5.41, 5.74) is 4.32. The van der Waals surface area contributed by atoms with E-state index in [9.17, 15) is 9.18 Å². The van der Waals surface area contributed by atoms with Crippen molar-refractivity contribution in [2.75, 3.05) is 43.1 Å². The van der Waals surface area contributed by atoms with Gasteiger partial charge < -0.3 is 20.9 Å². The Bertz CT molecular complexity index is 876. The van der Waals surface area contributed by atoms with Gasteiger partial charge in [0.2, 0.25) is 0 Å². The summed E-state index contributed by atoms with van der Waals surface area (Å²) in [4.78, 5) is 14.3. The number of aryl methyl sites for hydroxylation is 1. The number of hydrogen-bond acceptors (Lipinski definition) is 4. The molecule has 142 valence electrons. The van der Waals surface area contributed by atoms with Crippen molar-refractivity contribution < 1.29 is 9.18 Å². The number of anilines is 3. The lowest BCUT2D eigenvalue weighted by Crippen LogP contribution is -2.16. The third-order valence-corrected chi connectivity index (χ3v) is 4.48. The molecule has 0 spiro atoms. The Morgan fingerprint density at radius 1 is 1.22 bits per heavy atom. The van der Waals surface area contributed by atoms with Crippen LogP contribution in [0.4, 0.5) is 21.5 Å². The first-order valence-electron chi connectivity index (χ1n) is 9.02. The van der Waals surface area contributed by atoms with Gasteiger partial charge in [0.05, 0.1) is 11.3 Å². The highest BCUT2D eigenvalue weighted by molar-refractivity contribution is 6.32. The minimum absolute atomic E-state index is 0.161. The van der Waals surface area contributed by atoms with E-state index in [1.807, 2.05) is 39.2 Å². The number of hydrogen-bond donors (Lipinski definition) is 3. The summed E-state index contributed by atoms with van der Waals surface area (Å²) in [6.07, 6.45) is 2.57. The molecular weight excluding hydrogens is 343 g/mol. The second-order valence-corrected chi connectivity index (χ2v) is 6.93. The van der Waals surface area contributed by atoms with Crippen molar-refractivity contribution in [1.82, 2.24) is 4.90 Å². The number of amides is 1. The molecule has 0 atom stereocenters. The predicted octanol–water partition coefficient (Wildman–Crippen LogP) is 3.90. The zero-order valence-electron chi connectivity index (χ0n) is 15.9. The number of nitrogens with one attached hydrogen (secondary N) is 3. The highest BCUT2D eigenvalue weighted by atomic mass is 19.1. The molecule has 1 heterocycles. The zero-order valence-corrected chi connectivity index (χ0v) is 15.9. The van der Waals surface area contributed by atoms with E-state index >= 15 is 0 Å². The Labute approximate surface area is 159 Å². The highest BCUT2D eigenvalue weighted by Crippen LogP contribution is 2.34. The third kappa shape index (κ3) is 4.46. The fourth-order valence-electron chi connectivity index (χ4n) is 3.09. The number of fused-ring (bicyclic) bond motifs is 1. The molecule has 1 amide bonds. The Morgan fingerprint density at radius 2 is 2.04 bits per heavy atom. The van der Waals surface area contributed by atoms with Crippen molar-refractivity contribution in [1.29, 1.82) is 0 Å². The van der Waals surface area contributed by atoms with Crippen molar-refractivity contribution in [3.63, 3.8) is 0 Å². The van der Waals surface area contributed by atoms with E-state index in [1.54, 1.807) is 18.3 Å². The van der Waals surface area contributed by atoms with Gasteiger partial charge in [-0.15, -0.1) is 0 Å². The minimum atomic E-state index is -0.323. The summed E-state index contributed by atoms with van der Waals surface area (Å²) in [7, 11) is 4.03. The van der Waals surface area contributed by atoms with Crippen LogP contribution in [0, 0.1) is 12.7 Å². The predicted molar refractivity (Wildman–Crippen MR) is 109 cm³/mol. The summed E-state index contributed by atoms with van der Waals surface area (Å²) < 4.78 is 14.3. The maximum atomic E-state index is 14.3. The Morgan fingerprint density at radius 3 is 2.78 bits per heavy atom. The number of carbonyl (C=O) groups excluding carboxylic acids is 1. The largest absolute Gasteiger partial charge is 0.383 e. The summed E-state index contributed by atoms with van der Waals surface area (Å²) in [6, 6.07) is 10.7. The maximum absolute atomic E-state index is 14.3. The number of rotatable bonds is 7. The third-order valence-electron chi connectivity index (χ3n) is 4.48. The fourth-order valence-corrected chi connectivity index (χ4v) is 3.09. The highest BCUT2D eigenvalue weighted by Gasteiger charge is 2.25. The van der Waals surface area contributed by atoms with Crippen LogP contribution in [0.15, 0.2) is 42.6 Å². The van der Waals surface area contributed by atoms with Crippen molar-refractivity contribution in [2.45, 2.75) is 13.3 Å². The SMILES string of the molecule is Cc1cccc2c1/C(=C/Nc1ccc(NCCCN(C)C)c(F)c1)C(=O)N2. The second kappa shape index (κ2) is 8.22. The zero-order chi connectivity index (χ0) is 19.4. The van der Waals surface area contributed by atoms with E-state index in [0.29, 0.717) is 23.5 Å². The van der Waals surface area contributed by atoms with E-state index in [1.165, 1.54) is 6.07 Å². The molecule has 27 heavy (non-hydrogen) atoms. The van der Waals surface area contributed by atoms with Crippen LogP contribution in [0.3, 0.4) is 0 Å². The van der Waals surface area contributed by atoms with Crippen LogP contribution in [-0.2, 0) is 4.79 Å². The Kier molecular flexibility index (Phi) is 5.76. The van der Waals surface area contributed by atoms with Gasteiger partial charge in [-0.25, -0.2) is 4.39 Å². The second-order valence-electron chi connectivity index (χ2n) is 6.93. The van der Waals surface area contributed by atoms with E-state index in [0.717, 1.165) is 29.8 Å². The smallest absolute Gasteiger partial charge is 0.257 e. The van der Waals surface area contributed by atoms with Crippen LogP contribution in [0.1, 0.15) is 17.5 Å². The normalized spacial score (nSPS) is 14.4. The number of nitrogens with zero attached hydrogens (tertiary/aromatic N) is 1. The summed E-state index contributed by atoms with van der Waals surface area (Å²) >= 11 is 0. The van der Waals surface area contributed by atoms with Crippen LogP contribution >= 0.6 is 0 Å². The van der Waals surface area contributed by atoms with Crippen LogP contribution in [0.5, 0.6) is 0 Å². The van der Waals surface area contributed by atoms with Gasteiger partial charge in [-0.2, -0.15) is 0 Å². The maximum Gasteiger partial charge on any atom is 0.257 e. The average molecular weight is 368 g/mol. The molecule has 0 fully saturated rings. The quantitative estimate of drug-likeness (QED) is 0.512. The van der Waals surface area contributed by atoms with E-state index in [-0.39, 0.29) is 11.7 Å². The first-order chi connectivity index (χ1) is 13.0. The molecule has 0 aliphatic carbocycles. The lowest BCUT2D eigenvalue weighted by Gasteiger charge is -2.12. The molecule has 1 aliphatic heterocycles. The molecule has 6 heteroatoms. The standard InChI is InChI=1S/C21H25FN4O/c1-14-6-4-7-19-20(14)16(21(27)25-19)13-24-15-8-9-18(17(22)12-15)23-10-5-11-26(2)3/h4,6-9,12-13,23-24H,5,10-11H2,1-3H3,(H,25,27)/b16-13-. The summed E-state index contributed by atoms with van der Waals surface area (Å²) in [5.74, 6) is -0.484. The van der Waals surface area contributed by atoms with Gasteiger partial charge in [-0.3, -0.25) is 4.79 Å². The van der Waals surface area contributed by atoms with Gasteiger partial charge in [-0.1, -0.05) is 12.1 Å². The van der Waals surface area contributed by atoms with Gasteiger partial charge >= 0.3 is 0 Å². The fraction of sp³-hybridized carbons (Fsp3) is 0.286. The molecule has 3 rings (SSSR count). The number of benzene rings is 2. The summed E-state index contributed by atoms with van der Waals surface area (Å²) in [5, 5.41) is 9.00. The molecular formula is C21H25FN4O. The molecule has 5 nitrogen and oxygen atoms in total. The van der Waals surface area contributed by atoms with Gasteiger partial charge in [0.15, 0.2) is 0 Å². The molecule has 0 aromatic heterocycles. The van der Waals surface area contributed by atoms with Crippen molar-refractivity contribution in [3.05, 3.63) is 59.5 Å². The topological polar surface area (TPSA) is 56.4 Å². The minimum Gasteiger partial charge on any atom is -0.383 e. The lowest BCUT2D eigenvalue weighted by atomic mass is 10.0. The van der Waals surface area contributed by atoms with Crippen LogP contribution < -0.4 is 16.0 Å². The lowest BCUT2D eigenvalue weighted by molar-refractivity contribution is -0.110. The van der Waals surface area contributed by atoms with E-state index < -0.39 is 0 Å². The molecule has 0 saturated carbocycles. The number of carbonyl (C=O) groups is 1. The molecule has 1 aliphatic rings. The molecule has 3 N–H and O–H groups in total.